The highest BCUT2D eigenvalue weighted by Crippen LogP contribution is 2.29. The lowest BCUT2D eigenvalue weighted by Gasteiger charge is -2.11. The molecule has 0 aromatic carbocycles. The van der Waals surface area contributed by atoms with Gasteiger partial charge in [0, 0.05) is 6.00 Å². The minimum atomic E-state index is 0.0700. The highest BCUT2D eigenvalue weighted by molar-refractivity contribution is 6.48. The second-order valence-electron chi connectivity index (χ2n) is 3.77. The van der Waals surface area contributed by atoms with Crippen LogP contribution in [0, 0.1) is 5.92 Å². The molecule has 0 bridgehead atoms. The van der Waals surface area contributed by atoms with Gasteiger partial charge in [-0.25, -0.2) is 0 Å². The van der Waals surface area contributed by atoms with Crippen LogP contribution in [-0.2, 0) is 4.74 Å². The number of hydrogen-bond acceptors (Lipinski definition) is 2. The molecule has 3 atom stereocenters. The Bertz CT molecular complexity index is 203. The number of aliphatic hydroxyl groups excluding tert-OH is 1. The highest BCUT2D eigenvalue weighted by atomic mass is 16.5. The van der Waals surface area contributed by atoms with Crippen LogP contribution in [0.1, 0.15) is 19.8 Å². The van der Waals surface area contributed by atoms with Crippen molar-refractivity contribution in [1.29, 1.82) is 0 Å². The van der Waals surface area contributed by atoms with Crippen LogP contribution in [0.3, 0.4) is 0 Å². The van der Waals surface area contributed by atoms with E-state index in [1.807, 2.05) is 0 Å². The molecule has 1 radical (unpaired) electrons. The third kappa shape index (κ3) is 1.72. The molecule has 1 aliphatic carbocycles. The van der Waals surface area contributed by atoms with Gasteiger partial charge in [-0.3, -0.25) is 0 Å². The van der Waals surface area contributed by atoms with Crippen LogP contribution in [-0.4, -0.2) is 31.1 Å². The van der Waals surface area contributed by atoms with E-state index in [0.29, 0.717) is 5.92 Å². The largest absolute Gasteiger partial charge is 0.394 e. The van der Waals surface area contributed by atoms with Crippen molar-refractivity contribution in [3.8, 4) is 0 Å². The normalized spacial score (nSPS) is 39.5. The van der Waals surface area contributed by atoms with Crippen LogP contribution < -0.4 is 0 Å². The molecule has 1 aliphatic heterocycles. The summed E-state index contributed by atoms with van der Waals surface area (Å²) in [7, 11) is 2.19. The van der Waals surface area contributed by atoms with E-state index < -0.39 is 0 Å². The van der Waals surface area contributed by atoms with Crippen molar-refractivity contribution in [2.24, 2.45) is 5.92 Å². The fourth-order valence-corrected chi connectivity index (χ4v) is 1.69. The molecule has 1 N–H and O–H groups in total. The summed E-state index contributed by atoms with van der Waals surface area (Å²) < 4.78 is 5.63. The fraction of sp³-hybridized carbons (Fsp3) is 0.778. The first-order chi connectivity index (χ1) is 5.79. The lowest BCUT2D eigenvalue weighted by Crippen LogP contribution is -2.22. The second-order valence-corrected chi connectivity index (χ2v) is 3.77. The maximum atomic E-state index is 8.90. The van der Waals surface area contributed by atoms with Gasteiger partial charge in [0.2, 0.25) is 0 Å². The van der Waals surface area contributed by atoms with Gasteiger partial charge in [-0.15, -0.1) is 5.47 Å². The number of rotatable bonds is 3. The lowest BCUT2D eigenvalue weighted by atomic mass is 9.64. The number of hydrogen-bond donors (Lipinski definition) is 1. The van der Waals surface area contributed by atoms with E-state index >= 15 is 0 Å². The van der Waals surface area contributed by atoms with Crippen molar-refractivity contribution in [2.45, 2.75) is 31.9 Å². The second kappa shape index (κ2) is 3.23. The first-order valence-electron chi connectivity index (χ1n) is 4.60. The Morgan fingerprint density at radius 2 is 2.50 bits per heavy atom. The Kier molecular flexibility index (Phi) is 2.24. The minimum Gasteiger partial charge on any atom is -0.394 e. The molecule has 2 aliphatic rings. The van der Waals surface area contributed by atoms with Crippen LogP contribution in [0.15, 0.2) is 11.5 Å². The molecule has 0 amide bonds. The molecule has 12 heavy (non-hydrogen) atoms. The Morgan fingerprint density at radius 3 is 3.00 bits per heavy atom. The average Bonchev–Trinajstić information content (AvgIpc) is 2.78. The zero-order valence-electron chi connectivity index (χ0n) is 7.36. The predicted octanol–water partition coefficient (Wildman–Crippen LogP) is 0.722. The molecule has 1 saturated heterocycles. The summed E-state index contributed by atoms with van der Waals surface area (Å²) in [5.41, 5.74) is 1.41. The quantitative estimate of drug-likeness (QED) is 0.624. The van der Waals surface area contributed by atoms with Crippen molar-refractivity contribution in [3.05, 3.63) is 11.5 Å². The zero-order valence-corrected chi connectivity index (χ0v) is 7.36. The van der Waals surface area contributed by atoms with E-state index in [4.69, 9.17) is 9.84 Å². The molecule has 0 saturated carbocycles. The summed E-state index contributed by atoms with van der Waals surface area (Å²) in [6, 6.07) is 0.246. The zero-order chi connectivity index (χ0) is 8.55. The summed E-state index contributed by atoms with van der Waals surface area (Å²) in [6.45, 7) is 2.34. The van der Waals surface area contributed by atoms with Gasteiger partial charge in [0.15, 0.2) is 7.28 Å². The molecule has 0 spiro atoms. The van der Waals surface area contributed by atoms with E-state index in [9.17, 15) is 0 Å². The molecule has 1 heterocycles. The lowest BCUT2D eigenvalue weighted by molar-refractivity contribution is 0.0394. The van der Waals surface area contributed by atoms with Crippen molar-refractivity contribution in [2.75, 3.05) is 6.61 Å². The van der Waals surface area contributed by atoms with Crippen LogP contribution in [0.2, 0.25) is 0 Å². The van der Waals surface area contributed by atoms with Gasteiger partial charge >= 0.3 is 0 Å². The number of ether oxygens (including phenoxy) is 1. The van der Waals surface area contributed by atoms with Crippen LogP contribution >= 0.6 is 0 Å². The Labute approximate surface area is 73.9 Å². The van der Waals surface area contributed by atoms with Crippen LogP contribution in [0.5, 0.6) is 0 Å². The van der Waals surface area contributed by atoms with Gasteiger partial charge in [-0.05, 0) is 18.8 Å². The molecular weight excluding hydrogens is 151 g/mol. The van der Waals surface area contributed by atoms with Gasteiger partial charge in [-0.1, -0.05) is 13.0 Å². The van der Waals surface area contributed by atoms with Crippen molar-refractivity contribution < 1.29 is 9.84 Å². The molecule has 0 aromatic heterocycles. The SMILES string of the molecule is CC1CC(CO)OC1[B]C1=CC1. The van der Waals surface area contributed by atoms with Gasteiger partial charge < -0.3 is 9.84 Å². The fourth-order valence-electron chi connectivity index (χ4n) is 1.69. The summed E-state index contributed by atoms with van der Waals surface area (Å²) in [5.74, 6) is 0.559. The van der Waals surface area contributed by atoms with E-state index in [0.717, 1.165) is 12.8 Å². The van der Waals surface area contributed by atoms with Crippen molar-refractivity contribution >= 4 is 7.28 Å². The van der Waals surface area contributed by atoms with Crippen LogP contribution in [0.25, 0.3) is 0 Å². The first kappa shape index (κ1) is 8.33. The molecule has 65 valence electrons. The predicted molar refractivity (Wildman–Crippen MR) is 48.0 cm³/mol. The Hall–Kier alpha value is -0.275. The monoisotopic (exact) mass is 165 g/mol. The number of aliphatic hydroxyl groups is 1. The third-order valence-electron chi connectivity index (χ3n) is 2.57. The standard InChI is InChI=1S/C9H14BO2/c1-6-4-8(5-11)12-9(6)10-7-2-3-7/h2,6,8-9,11H,3-5H2,1H3. The van der Waals surface area contributed by atoms with E-state index in [1.54, 1.807) is 0 Å². The minimum absolute atomic E-state index is 0.0700. The summed E-state index contributed by atoms with van der Waals surface area (Å²) in [6.07, 6.45) is 4.39. The highest BCUT2D eigenvalue weighted by Gasteiger charge is 2.33. The molecule has 3 heteroatoms. The maximum absolute atomic E-state index is 8.90. The third-order valence-corrected chi connectivity index (χ3v) is 2.57. The Morgan fingerprint density at radius 1 is 1.75 bits per heavy atom. The van der Waals surface area contributed by atoms with Gasteiger partial charge in [-0.2, -0.15) is 0 Å². The smallest absolute Gasteiger partial charge is 0.184 e. The summed E-state index contributed by atoms with van der Waals surface area (Å²) in [4.78, 5) is 0. The number of allylic oxidation sites excluding steroid dienone is 2. The van der Waals surface area contributed by atoms with Crippen molar-refractivity contribution in [3.63, 3.8) is 0 Å². The van der Waals surface area contributed by atoms with Gasteiger partial charge in [0.05, 0.1) is 12.7 Å². The molecule has 1 fully saturated rings. The van der Waals surface area contributed by atoms with Gasteiger partial charge in [0.1, 0.15) is 0 Å². The maximum Gasteiger partial charge on any atom is 0.184 e. The van der Waals surface area contributed by atoms with Crippen LogP contribution in [0.4, 0.5) is 0 Å². The van der Waals surface area contributed by atoms with E-state index in [-0.39, 0.29) is 18.7 Å². The van der Waals surface area contributed by atoms with E-state index in [2.05, 4.69) is 20.3 Å². The molecule has 2 nitrogen and oxygen atoms in total. The average molecular weight is 165 g/mol. The summed E-state index contributed by atoms with van der Waals surface area (Å²) >= 11 is 0. The van der Waals surface area contributed by atoms with E-state index in [1.165, 1.54) is 5.47 Å². The molecule has 3 unspecified atom stereocenters. The molecule has 0 aromatic rings. The van der Waals surface area contributed by atoms with Crippen molar-refractivity contribution in [1.82, 2.24) is 0 Å². The molecule has 2 rings (SSSR count). The first-order valence-corrected chi connectivity index (χ1v) is 4.60. The van der Waals surface area contributed by atoms with Gasteiger partial charge in [0.25, 0.3) is 0 Å². The Balaban J connectivity index is 1.84. The summed E-state index contributed by atoms with van der Waals surface area (Å²) in [5, 5.41) is 8.90. The topological polar surface area (TPSA) is 29.5 Å². The molecular formula is C9H14BO2.